The van der Waals surface area contributed by atoms with Crippen LogP contribution in [0.25, 0.3) is 5.65 Å². The lowest BCUT2D eigenvalue weighted by Crippen LogP contribution is -2.15. The number of imidazole rings is 1. The maximum absolute atomic E-state index is 11.4. The van der Waals surface area contributed by atoms with E-state index in [1.165, 1.54) is 12.5 Å². The van der Waals surface area contributed by atoms with Gasteiger partial charge in [0.2, 0.25) is 0 Å². The lowest BCUT2D eigenvalue weighted by Gasteiger charge is -1.98. The van der Waals surface area contributed by atoms with Gasteiger partial charge in [0.05, 0.1) is 17.2 Å². The number of carbonyl (C=O) groups is 1. The normalized spacial score (nSPS) is 10.7. The molecule has 0 radical (unpaired) electrons. The maximum atomic E-state index is 11.4. The van der Waals surface area contributed by atoms with Gasteiger partial charge in [-0.1, -0.05) is 0 Å². The van der Waals surface area contributed by atoms with E-state index in [0.717, 1.165) is 4.47 Å². The van der Waals surface area contributed by atoms with E-state index in [1.807, 2.05) is 0 Å². The first kappa shape index (κ1) is 9.29. The molecule has 0 unspecified atom stereocenters. The second-order valence-electron chi connectivity index (χ2n) is 2.71. The van der Waals surface area contributed by atoms with Gasteiger partial charge in [0, 0.05) is 6.20 Å². The minimum Gasteiger partial charge on any atom is -0.324 e. The maximum Gasteiger partial charge on any atom is 0.194 e. The average molecular weight is 255 g/mol. The molecule has 0 spiro atoms. The van der Waals surface area contributed by atoms with E-state index in [0.29, 0.717) is 11.3 Å². The Balaban J connectivity index is 2.70. The van der Waals surface area contributed by atoms with Crippen LogP contribution in [0.15, 0.2) is 23.2 Å². The zero-order chi connectivity index (χ0) is 10.1. The van der Waals surface area contributed by atoms with Crippen molar-refractivity contribution in [3.63, 3.8) is 0 Å². The van der Waals surface area contributed by atoms with Crippen LogP contribution in [0.4, 0.5) is 0 Å². The summed E-state index contributed by atoms with van der Waals surface area (Å²) >= 11 is 3.29. The molecule has 0 fully saturated rings. The van der Waals surface area contributed by atoms with E-state index in [9.17, 15) is 4.79 Å². The molecule has 0 bridgehead atoms. The molecule has 0 saturated carbocycles. The van der Waals surface area contributed by atoms with Gasteiger partial charge in [-0.2, -0.15) is 0 Å². The number of fused-ring (bicyclic) bond motifs is 1. The third-order valence-electron chi connectivity index (χ3n) is 1.85. The zero-order valence-electron chi connectivity index (χ0n) is 7.14. The van der Waals surface area contributed by atoms with Crippen molar-refractivity contribution in [3.05, 3.63) is 28.9 Å². The molecule has 0 aliphatic rings. The van der Waals surface area contributed by atoms with E-state index in [-0.39, 0.29) is 12.3 Å². The molecule has 0 aliphatic carbocycles. The number of ketones is 1. The van der Waals surface area contributed by atoms with Gasteiger partial charge in [-0.15, -0.1) is 0 Å². The van der Waals surface area contributed by atoms with Gasteiger partial charge in [-0.05, 0) is 15.9 Å². The summed E-state index contributed by atoms with van der Waals surface area (Å²) < 4.78 is 2.36. The van der Waals surface area contributed by atoms with Crippen LogP contribution < -0.4 is 5.73 Å². The number of hydrogen-bond donors (Lipinski definition) is 1. The summed E-state index contributed by atoms with van der Waals surface area (Å²) in [6.07, 6.45) is 4.66. The molecule has 0 atom stereocenters. The van der Waals surface area contributed by atoms with Crippen LogP contribution in [0.2, 0.25) is 0 Å². The van der Waals surface area contributed by atoms with E-state index in [2.05, 4.69) is 25.9 Å². The Morgan fingerprint density at radius 2 is 2.36 bits per heavy atom. The third kappa shape index (κ3) is 1.32. The second kappa shape index (κ2) is 3.47. The number of nitrogens with zero attached hydrogens (tertiary/aromatic N) is 3. The van der Waals surface area contributed by atoms with Gasteiger partial charge in [-0.3, -0.25) is 9.20 Å². The lowest BCUT2D eigenvalue weighted by atomic mass is 10.3. The number of Topliss-reactive ketones (excluding diaryl/α,β-unsaturated/α-hetero) is 1. The summed E-state index contributed by atoms with van der Waals surface area (Å²) in [6, 6.07) is 0. The third-order valence-corrected chi connectivity index (χ3v) is 2.41. The topological polar surface area (TPSA) is 73.3 Å². The van der Waals surface area contributed by atoms with Crippen LogP contribution in [-0.4, -0.2) is 26.7 Å². The summed E-state index contributed by atoms with van der Waals surface area (Å²) in [5.74, 6) is -0.155. The highest BCUT2D eigenvalue weighted by Gasteiger charge is 2.11. The van der Waals surface area contributed by atoms with Gasteiger partial charge in [-0.25, -0.2) is 9.97 Å². The van der Waals surface area contributed by atoms with E-state index >= 15 is 0 Å². The van der Waals surface area contributed by atoms with E-state index in [4.69, 9.17) is 5.73 Å². The van der Waals surface area contributed by atoms with Crippen LogP contribution in [0.3, 0.4) is 0 Å². The first-order valence-corrected chi connectivity index (χ1v) is 4.73. The molecule has 5 nitrogen and oxygen atoms in total. The number of rotatable bonds is 2. The highest BCUT2D eigenvalue weighted by atomic mass is 79.9. The molecule has 2 heterocycles. The van der Waals surface area contributed by atoms with Crippen molar-refractivity contribution in [3.8, 4) is 0 Å². The van der Waals surface area contributed by atoms with Crippen molar-refractivity contribution in [2.24, 2.45) is 5.73 Å². The molecule has 14 heavy (non-hydrogen) atoms. The fraction of sp³-hybridized carbons (Fsp3) is 0.125. The number of nitrogens with two attached hydrogens (primary N) is 1. The Bertz CT molecular complexity index is 493. The molecule has 0 amide bonds. The van der Waals surface area contributed by atoms with Gasteiger partial charge in [0.25, 0.3) is 0 Å². The number of halogens is 1. The quantitative estimate of drug-likeness (QED) is 0.799. The smallest absolute Gasteiger partial charge is 0.194 e. The van der Waals surface area contributed by atoms with Gasteiger partial charge >= 0.3 is 0 Å². The summed E-state index contributed by atoms with van der Waals surface area (Å²) in [6.45, 7) is -0.0275. The predicted molar refractivity (Wildman–Crippen MR) is 54.1 cm³/mol. The van der Waals surface area contributed by atoms with Crippen LogP contribution in [0.1, 0.15) is 10.5 Å². The molecule has 0 saturated heterocycles. The molecule has 2 aromatic heterocycles. The van der Waals surface area contributed by atoms with Crippen molar-refractivity contribution in [1.29, 1.82) is 0 Å². The zero-order valence-corrected chi connectivity index (χ0v) is 8.73. The molecule has 6 heteroatoms. The van der Waals surface area contributed by atoms with E-state index in [1.54, 1.807) is 10.6 Å². The minimum absolute atomic E-state index is 0.0275. The number of carbonyl (C=O) groups excluding carboxylic acids is 1. The summed E-state index contributed by atoms with van der Waals surface area (Å²) in [5.41, 5.74) is 6.39. The second-order valence-corrected chi connectivity index (χ2v) is 3.56. The molecular weight excluding hydrogens is 248 g/mol. The van der Waals surface area contributed by atoms with Crippen molar-refractivity contribution in [2.45, 2.75) is 0 Å². The van der Waals surface area contributed by atoms with Gasteiger partial charge in [0.15, 0.2) is 11.4 Å². The first-order chi connectivity index (χ1) is 6.74. The number of hydrogen-bond acceptors (Lipinski definition) is 4. The molecule has 0 aromatic carbocycles. The molecule has 72 valence electrons. The van der Waals surface area contributed by atoms with Crippen LogP contribution in [-0.2, 0) is 0 Å². The molecular formula is C8H7BrN4O. The van der Waals surface area contributed by atoms with Crippen molar-refractivity contribution in [1.82, 2.24) is 14.4 Å². The SMILES string of the molecule is NCC(=O)c1cnc2c(Br)cncn12. The molecule has 2 N–H and O–H groups in total. The first-order valence-electron chi connectivity index (χ1n) is 3.94. The highest BCUT2D eigenvalue weighted by molar-refractivity contribution is 9.10. The molecule has 2 rings (SSSR count). The minimum atomic E-state index is -0.155. The number of aromatic nitrogens is 3. The fourth-order valence-corrected chi connectivity index (χ4v) is 1.60. The molecule has 0 aliphatic heterocycles. The van der Waals surface area contributed by atoms with Crippen LogP contribution in [0, 0.1) is 0 Å². The van der Waals surface area contributed by atoms with Crippen molar-refractivity contribution >= 4 is 27.4 Å². The standard InChI is InChI=1S/C8H7BrN4O/c9-5-2-11-4-13-6(7(14)1-10)3-12-8(5)13/h2-4H,1,10H2. The summed E-state index contributed by atoms with van der Waals surface area (Å²) in [7, 11) is 0. The predicted octanol–water partition coefficient (Wildman–Crippen LogP) is 0.633. The van der Waals surface area contributed by atoms with Crippen molar-refractivity contribution in [2.75, 3.05) is 6.54 Å². The van der Waals surface area contributed by atoms with Crippen LogP contribution >= 0.6 is 15.9 Å². The Labute approximate surface area is 88.1 Å². The Kier molecular flexibility index (Phi) is 2.30. The summed E-state index contributed by atoms with van der Waals surface area (Å²) in [5, 5.41) is 0. The van der Waals surface area contributed by atoms with Crippen molar-refractivity contribution < 1.29 is 4.79 Å². The average Bonchev–Trinajstić information content (AvgIpc) is 2.62. The molecule has 2 aromatic rings. The largest absolute Gasteiger partial charge is 0.324 e. The van der Waals surface area contributed by atoms with E-state index < -0.39 is 0 Å². The van der Waals surface area contributed by atoms with Gasteiger partial charge in [0.1, 0.15) is 12.0 Å². The Morgan fingerprint density at radius 1 is 1.57 bits per heavy atom. The van der Waals surface area contributed by atoms with Gasteiger partial charge < -0.3 is 5.73 Å². The fourth-order valence-electron chi connectivity index (χ4n) is 1.19. The lowest BCUT2D eigenvalue weighted by molar-refractivity contribution is 0.0996. The Hall–Kier alpha value is -1.27. The Morgan fingerprint density at radius 3 is 3.07 bits per heavy atom. The van der Waals surface area contributed by atoms with Crippen LogP contribution in [0.5, 0.6) is 0 Å². The highest BCUT2D eigenvalue weighted by Crippen LogP contribution is 2.16. The monoisotopic (exact) mass is 254 g/mol. The summed E-state index contributed by atoms with van der Waals surface area (Å²) in [4.78, 5) is 19.4.